The highest BCUT2D eigenvalue weighted by atomic mass is 16.2. The Morgan fingerprint density at radius 3 is 2.66 bits per heavy atom. The number of carbonyl (C=O) groups is 2. The van der Waals surface area contributed by atoms with E-state index in [9.17, 15) is 9.59 Å². The summed E-state index contributed by atoms with van der Waals surface area (Å²) >= 11 is 0. The van der Waals surface area contributed by atoms with E-state index in [1.165, 1.54) is 0 Å². The molecule has 1 fully saturated rings. The van der Waals surface area contributed by atoms with Gasteiger partial charge in [-0.3, -0.25) is 19.7 Å². The zero-order chi connectivity index (χ0) is 22.2. The van der Waals surface area contributed by atoms with E-state index in [1.807, 2.05) is 43.0 Å². The van der Waals surface area contributed by atoms with Gasteiger partial charge in [0.05, 0.1) is 0 Å². The minimum Gasteiger partial charge on any atom is -0.339 e. The van der Waals surface area contributed by atoms with Gasteiger partial charge in [0.2, 0.25) is 0 Å². The number of hydrogen-bond donors (Lipinski definition) is 2. The zero-order valence-corrected chi connectivity index (χ0v) is 18.1. The SMILES string of the molecule is Cc1[nH]nc(C(=O)Cc2cnc3[nH]c(-c4ccnc(C(=O)N5CCCC5)c4)cc3c2)c1C. The van der Waals surface area contributed by atoms with Crippen molar-refractivity contribution in [3.8, 4) is 11.3 Å². The molecule has 0 bridgehead atoms. The Bertz CT molecular complexity index is 1330. The number of carbonyl (C=O) groups excluding carboxylic acids is 2. The second-order valence-electron chi connectivity index (χ2n) is 8.32. The summed E-state index contributed by atoms with van der Waals surface area (Å²) in [5.74, 6) is -0.0637. The van der Waals surface area contributed by atoms with E-state index in [0.29, 0.717) is 11.4 Å². The second kappa shape index (κ2) is 8.03. The van der Waals surface area contributed by atoms with Crippen LogP contribution in [0.4, 0.5) is 0 Å². The van der Waals surface area contributed by atoms with Crippen LogP contribution in [0.3, 0.4) is 0 Å². The van der Waals surface area contributed by atoms with Gasteiger partial charge in [0.25, 0.3) is 5.91 Å². The molecule has 0 aliphatic carbocycles. The van der Waals surface area contributed by atoms with Gasteiger partial charge in [-0.1, -0.05) is 0 Å². The Morgan fingerprint density at radius 2 is 1.91 bits per heavy atom. The summed E-state index contributed by atoms with van der Waals surface area (Å²) in [5, 5.41) is 7.90. The molecule has 8 heteroatoms. The molecule has 5 heterocycles. The number of pyridine rings is 2. The van der Waals surface area contributed by atoms with Gasteiger partial charge in [0.15, 0.2) is 5.78 Å². The number of aryl methyl sites for hydroxylation is 1. The normalized spacial score (nSPS) is 13.8. The predicted octanol–water partition coefficient (Wildman–Crippen LogP) is 3.63. The summed E-state index contributed by atoms with van der Waals surface area (Å²) in [5.41, 5.74) is 5.99. The van der Waals surface area contributed by atoms with Gasteiger partial charge in [0.1, 0.15) is 17.0 Å². The van der Waals surface area contributed by atoms with Crippen LogP contribution in [-0.2, 0) is 6.42 Å². The standard InChI is InChI=1S/C24H24N6O2/c1-14-15(2)28-29-22(14)21(31)10-16-9-18-12-19(27-23(18)26-13-16)17-5-6-25-20(11-17)24(32)30-7-3-4-8-30/h5-6,9,11-13H,3-4,7-8,10H2,1-2H3,(H,26,27)(H,28,29). The topological polar surface area (TPSA) is 108 Å². The fraction of sp³-hybridized carbons (Fsp3) is 0.292. The summed E-state index contributed by atoms with van der Waals surface area (Å²) in [6, 6.07) is 7.64. The Kier molecular flexibility index (Phi) is 5.05. The Balaban J connectivity index is 1.39. The molecular formula is C24H24N6O2. The van der Waals surface area contributed by atoms with E-state index in [1.54, 1.807) is 12.4 Å². The average molecular weight is 428 g/mol. The van der Waals surface area contributed by atoms with Crippen molar-refractivity contribution < 1.29 is 9.59 Å². The van der Waals surface area contributed by atoms with Crippen molar-refractivity contribution in [1.82, 2.24) is 30.0 Å². The molecule has 1 aliphatic heterocycles. The number of aromatic amines is 2. The molecule has 0 saturated carbocycles. The first-order valence-corrected chi connectivity index (χ1v) is 10.8. The van der Waals surface area contributed by atoms with Gasteiger partial charge in [0, 0.05) is 59.8 Å². The van der Waals surface area contributed by atoms with Crippen molar-refractivity contribution >= 4 is 22.7 Å². The van der Waals surface area contributed by atoms with Gasteiger partial charge < -0.3 is 9.88 Å². The first kappa shape index (κ1) is 20.1. The number of ketones is 1. The summed E-state index contributed by atoms with van der Waals surface area (Å²) in [6.07, 6.45) is 5.70. The molecule has 0 spiro atoms. The third kappa shape index (κ3) is 3.68. The molecule has 0 atom stereocenters. The third-order valence-corrected chi connectivity index (χ3v) is 6.09. The maximum Gasteiger partial charge on any atom is 0.272 e. The lowest BCUT2D eigenvalue weighted by atomic mass is 10.0. The van der Waals surface area contributed by atoms with Crippen molar-refractivity contribution in [2.75, 3.05) is 13.1 Å². The quantitative estimate of drug-likeness (QED) is 0.472. The largest absolute Gasteiger partial charge is 0.339 e. The molecule has 1 saturated heterocycles. The number of amides is 1. The average Bonchev–Trinajstić information content (AvgIpc) is 3.54. The fourth-order valence-electron chi connectivity index (χ4n) is 4.14. The Morgan fingerprint density at radius 1 is 1.09 bits per heavy atom. The van der Waals surface area contributed by atoms with Crippen LogP contribution in [0.25, 0.3) is 22.3 Å². The summed E-state index contributed by atoms with van der Waals surface area (Å²) in [4.78, 5) is 39.3. The molecular weight excluding hydrogens is 404 g/mol. The number of likely N-dealkylation sites (tertiary alicyclic amines) is 1. The maximum atomic E-state index is 12.7. The van der Waals surface area contributed by atoms with E-state index >= 15 is 0 Å². The Hall–Kier alpha value is -3.81. The molecule has 1 amide bonds. The van der Waals surface area contributed by atoms with Crippen LogP contribution in [0.1, 0.15) is 50.6 Å². The van der Waals surface area contributed by atoms with Gasteiger partial charge in [-0.25, -0.2) is 4.98 Å². The third-order valence-electron chi connectivity index (χ3n) is 6.09. The minimum atomic E-state index is -0.0389. The van der Waals surface area contributed by atoms with Crippen LogP contribution < -0.4 is 0 Å². The van der Waals surface area contributed by atoms with Crippen LogP contribution in [0, 0.1) is 13.8 Å². The summed E-state index contributed by atoms with van der Waals surface area (Å²) in [6.45, 7) is 5.38. The zero-order valence-electron chi connectivity index (χ0n) is 18.1. The van der Waals surface area contributed by atoms with Crippen molar-refractivity contribution in [2.24, 2.45) is 0 Å². The molecule has 1 aliphatic rings. The molecule has 0 aromatic carbocycles. The summed E-state index contributed by atoms with van der Waals surface area (Å²) < 4.78 is 0. The molecule has 4 aromatic rings. The van der Waals surface area contributed by atoms with Crippen LogP contribution in [0.5, 0.6) is 0 Å². The first-order valence-electron chi connectivity index (χ1n) is 10.8. The second-order valence-corrected chi connectivity index (χ2v) is 8.32. The fourth-order valence-corrected chi connectivity index (χ4v) is 4.14. The highest BCUT2D eigenvalue weighted by Gasteiger charge is 2.21. The van der Waals surface area contributed by atoms with Crippen LogP contribution in [0.15, 0.2) is 36.7 Å². The highest BCUT2D eigenvalue weighted by molar-refractivity contribution is 5.98. The first-order chi connectivity index (χ1) is 15.5. The number of nitrogens with zero attached hydrogens (tertiary/aromatic N) is 4. The highest BCUT2D eigenvalue weighted by Crippen LogP contribution is 2.25. The van der Waals surface area contributed by atoms with E-state index in [2.05, 4.69) is 25.1 Å². The molecule has 8 nitrogen and oxygen atoms in total. The molecule has 2 N–H and O–H groups in total. The smallest absolute Gasteiger partial charge is 0.272 e. The number of aromatic nitrogens is 5. The van der Waals surface area contributed by atoms with Crippen molar-refractivity contribution in [3.05, 3.63) is 64.9 Å². The van der Waals surface area contributed by atoms with E-state index in [4.69, 9.17) is 0 Å². The number of H-pyrrole nitrogens is 2. The Labute approximate surface area is 185 Å². The van der Waals surface area contributed by atoms with Crippen molar-refractivity contribution in [1.29, 1.82) is 0 Å². The lowest BCUT2D eigenvalue weighted by Crippen LogP contribution is -2.28. The number of hydrogen-bond acceptors (Lipinski definition) is 5. The van der Waals surface area contributed by atoms with Crippen LogP contribution in [-0.4, -0.2) is 54.8 Å². The van der Waals surface area contributed by atoms with Gasteiger partial charge in [-0.05, 0) is 56.5 Å². The van der Waals surface area contributed by atoms with Crippen LogP contribution >= 0.6 is 0 Å². The van der Waals surface area contributed by atoms with Crippen molar-refractivity contribution in [3.63, 3.8) is 0 Å². The monoisotopic (exact) mass is 428 g/mol. The molecule has 4 aromatic heterocycles. The molecule has 5 rings (SSSR count). The van der Waals surface area contributed by atoms with Crippen LogP contribution in [0.2, 0.25) is 0 Å². The van der Waals surface area contributed by atoms with E-state index < -0.39 is 0 Å². The predicted molar refractivity (Wildman–Crippen MR) is 121 cm³/mol. The maximum absolute atomic E-state index is 12.7. The number of nitrogens with one attached hydrogen (secondary N) is 2. The molecule has 162 valence electrons. The minimum absolute atomic E-state index is 0.0247. The molecule has 0 radical (unpaired) electrons. The number of fused-ring (bicyclic) bond motifs is 1. The number of Topliss-reactive ketones (excluding diaryl/α,β-unsaturated/α-hetero) is 1. The van der Waals surface area contributed by atoms with Crippen molar-refractivity contribution in [2.45, 2.75) is 33.1 Å². The van der Waals surface area contributed by atoms with E-state index in [-0.39, 0.29) is 18.1 Å². The summed E-state index contributed by atoms with van der Waals surface area (Å²) in [7, 11) is 0. The van der Waals surface area contributed by atoms with Gasteiger partial charge >= 0.3 is 0 Å². The van der Waals surface area contributed by atoms with Gasteiger partial charge in [-0.15, -0.1) is 0 Å². The number of rotatable bonds is 5. The van der Waals surface area contributed by atoms with Gasteiger partial charge in [-0.2, -0.15) is 5.10 Å². The van der Waals surface area contributed by atoms with E-state index in [0.717, 1.165) is 65.0 Å². The molecule has 32 heavy (non-hydrogen) atoms. The lowest BCUT2D eigenvalue weighted by molar-refractivity contribution is 0.0787. The lowest BCUT2D eigenvalue weighted by Gasteiger charge is -2.14. The molecule has 0 unspecified atom stereocenters.